The molecule has 0 saturated carbocycles. The normalized spacial score (nSPS) is 10.5. The third-order valence-corrected chi connectivity index (χ3v) is 2.98. The first kappa shape index (κ1) is 11.6. The van der Waals surface area contributed by atoms with Gasteiger partial charge in [0.05, 0.1) is 15.7 Å². The minimum Gasteiger partial charge on any atom is -0.251 e. The standard InChI is InChI=1S/C10H6Cl3N3/c1-5-8(12)9(13)16-10(15-5)7-3-2-6(11)4-14-7/h2-4H,1H3. The molecule has 6 heteroatoms. The van der Waals surface area contributed by atoms with Gasteiger partial charge in [0.2, 0.25) is 0 Å². The van der Waals surface area contributed by atoms with Crippen molar-refractivity contribution in [3.8, 4) is 11.5 Å². The molecule has 0 radical (unpaired) electrons. The molecule has 0 spiro atoms. The lowest BCUT2D eigenvalue weighted by Crippen LogP contribution is -1.95. The first-order valence-corrected chi connectivity index (χ1v) is 5.53. The zero-order valence-electron chi connectivity index (χ0n) is 8.21. The summed E-state index contributed by atoms with van der Waals surface area (Å²) in [5, 5.41) is 1.14. The van der Waals surface area contributed by atoms with Crippen LogP contribution in [0.1, 0.15) is 5.69 Å². The van der Waals surface area contributed by atoms with E-state index in [1.807, 2.05) is 0 Å². The minimum atomic E-state index is 0.223. The molecule has 0 saturated heterocycles. The minimum absolute atomic E-state index is 0.223. The molecule has 0 atom stereocenters. The first-order valence-electron chi connectivity index (χ1n) is 4.39. The summed E-state index contributed by atoms with van der Waals surface area (Å²) >= 11 is 17.5. The van der Waals surface area contributed by atoms with Gasteiger partial charge in [-0.1, -0.05) is 34.8 Å². The van der Waals surface area contributed by atoms with Crippen LogP contribution in [0.3, 0.4) is 0 Å². The SMILES string of the molecule is Cc1nc(-c2ccc(Cl)cn2)nc(Cl)c1Cl. The maximum atomic E-state index is 5.86. The molecule has 82 valence electrons. The fourth-order valence-electron chi connectivity index (χ4n) is 1.15. The Balaban J connectivity index is 2.52. The highest BCUT2D eigenvalue weighted by molar-refractivity contribution is 6.41. The highest BCUT2D eigenvalue weighted by Gasteiger charge is 2.10. The van der Waals surface area contributed by atoms with Crippen molar-refractivity contribution in [2.24, 2.45) is 0 Å². The number of hydrogen-bond donors (Lipinski definition) is 0. The second-order valence-corrected chi connectivity index (χ2v) is 4.27. The van der Waals surface area contributed by atoms with Crippen LogP contribution < -0.4 is 0 Å². The number of hydrogen-bond acceptors (Lipinski definition) is 3. The Kier molecular flexibility index (Phi) is 3.28. The molecule has 2 heterocycles. The zero-order valence-corrected chi connectivity index (χ0v) is 10.5. The quantitative estimate of drug-likeness (QED) is 0.742. The Morgan fingerprint density at radius 2 is 1.81 bits per heavy atom. The molecule has 0 unspecified atom stereocenters. The zero-order chi connectivity index (χ0) is 11.7. The predicted molar refractivity (Wildman–Crippen MR) is 65.0 cm³/mol. The lowest BCUT2D eigenvalue weighted by atomic mass is 10.3. The molecule has 0 bridgehead atoms. The molecule has 0 fully saturated rings. The number of nitrogens with zero attached hydrogens (tertiary/aromatic N) is 3. The highest BCUT2D eigenvalue weighted by atomic mass is 35.5. The molecule has 2 aromatic heterocycles. The average molecular weight is 275 g/mol. The Morgan fingerprint density at radius 3 is 2.38 bits per heavy atom. The Labute approximate surface area is 107 Å². The van der Waals surface area contributed by atoms with Crippen molar-refractivity contribution in [3.63, 3.8) is 0 Å². The van der Waals surface area contributed by atoms with Crippen molar-refractivity contribution in [1.29, 1.82) is 0 Å². The van der Waals surface area contributed by atoms with E-state index in [2.05, 4.69) is 15.0 Å². The van der Waals surface area contributed by atoms with Gasteiger partial charge in [0, 0.05) is 6.20 Å². The van der Waals surface area contributed by atoms with Crippen LogP contribution in [0, 0.1) is 6.92 Å². The molecule has 0 amide bonds. The van der Waals surface area contributed by atoms with E-state index in [1.54, 1.807) is 19.1 Å². The van der Waals surface area contributed by atoms with Crippen LogP contribution in [0.5, 0.6) is 0 Å². The van der Waals surface area contributed by atoms with E-state index in [0.717, 1.165) is 0 Å². The van der Waals surface area contributed by atoms with Crippen molar-refractivity contribution in [2.45, 2.75) is 6.92 Å². The van der Waals surface area contributed by atoms with Gasteiger partial charge in [0.15, 0.2) is 11.0 Å². The lowest BCUT2D eigenvalue weighted by molar-refractivity contribution is 1.09. The van der Waals surface area contributed by atoms with Gasteiger partial charge >= 0.3 is 0 Å². The molecule has 0 aliphatic carbocycles. The van der Waals surface area contributed by atoms with Gasteiger partial charge in [0.1, 0.15) is 5.69 Å². The number of aromatic nitrogens is 3. The van der Waals surface area contributed by atoms with Crippen LogP contribution in [0.15, 0.2) is 18.3 Å². The van der Waals surface area contributed by atoms with Gasteiger partial charge in [-0.15, -0.1) is 0 Å². The maximum Gasteiger partial charge on any atom is 0.179 e. The van der Waals surface area contributed by atoms with Crippen LogP contribution in [-0.4, -0.2) is 15.0 Å². The third kappa shape index (κ3) is 2.26. The maximum absolute atomic E-state index is 5.86. The van der Waals surface area contributed by atoms with Crippen molar-refractivity contribution in [3.05, 3.63) is 39.2 Å². The second kappa shape index (κ2) is 4.53. The number of pyridine rings is 1. The van der Waals surface area contributed by atoms with E-state index in [9.17, 15) is 0 Å². The summed E-state index contributed by atoms with van der Waals surface area (Å²) in [6, 6.07) is 3.44. The summed E-state index contributed by atoms with van der Waals surface area (Å²) < 4.78 is 0. The van der Waals surface area contributed by atoms with Gasteiger partial charge in [-0.2, -0.15) is 0 Å². The van der Waals surface area contributed by atoms with Crippen molar-refractivity contribution < 1.29 is 0 Å². The van der Waals surface area contributed by atoms with E-state index in [1.165, 1.54) is 6.20 Å². The fourth-order valence-corrected chi connectivity index (χ4v) is 1.56. The summed E-state index contributed by atoms with van der Waals surface area (Å²) in [4.78, 5) is 12.4. The number of rotatable bonds is 1. The molecule has 3 nitrogen and oxygen atoms in total. The second-order valence-electron chi connectivity index (χ2n) is 3.10. The number of aryl methyl sites for hydroxylation is 1. The van der Waals surface area contributed by atoms with Crippen LogP contribution in [0.4, 0.5) is 0 Å². The topological polar surface area (TPSA) is 38.7 Å². The summed E-state index contributed by atoms with van der Waals surface area (Å²) in [5.41, 5.74) is 1.22. The van der Waals surface area contributed by atoms with E-state index >= 15 is 0 Å². The average Bonchev–Trinajstić information content (AvgIpc) is 2.26. The summed E-state index contributed by atoms with van der Waals surface area (Å²) in [6.07, 6.45) is 1.53. The summed E-state index contributed by atoms with van der Waals surface area (Å²) in [5.74, 6) is 0.434. The highest BCUT2D eigenvalue weighted by Crippen LogP contribution is 2.25. The molecule has 2 aromatic rings. The molecule has 0 aliphatic heterocycles. The molecule has 2 rings (SSSR count). The van der Waals surface area contributed by atoms with Gasteiger partial charge in [-0.05, 0) is 19.1 Å². The largest absolute Gasteiger partial charge is 0.251 e. The van der Waals surface area contributed by atoms with Crippen molar-refractivity contribution in [1.82, 2.24) is 15.0 Å². The van der Waals surface area contributed by atoms with Crippen molar-refractivity contribution >= 4 is 34.8 Å². The monoisotopic (exact) mass is 273 g/mol. The first-order chi connectivity index (χ1) is 7.58. The fraction of sp³-hybridized carbons (Fsp3) is 0.100. The molecule has 16 heavy (non-hydrogen) atoms. The third-order valence-electron chi connectivity index (χ3n) is 1.93. The molecule has 0 N–H and O–H groups in total. The van der Waals surface area contributed by atoms with Crippen LogP contribution in [-0.2, 0) is 0 Å². The van der Waals surface area contributed by atoms with E-state index in [-0.39, 0.29) is 5.15 Å². The van der Waals surface area contributed by atoms with Gasteiger partial charge in [-0.3, -0.25) is 4.98 Å². The lowest BCUT2D eigenvalue weighted by Gasteiger charge is -2.03. The van der Waals surface area contributed by atoms with Gasteiger partial charge in [-0.25, -0.2) is 9.97 Å². The van der Waals surface area contributed by atoms with E-state index in [4.69, 9.17) is 34.8 Å². The molecular weight excluding hydrogens is 268 g/mol. The van der Waals surface area contributed by atoms with Crippen molar-refractivity contribution in [2.75, 3.05) is 0 Å². The van der Waals surface area contributed by atoms with Crippen LogP contribution in [0.2, 0.25) is 15.2 Å². The van der Waals surface area contributed by atoms with Gasteiger partial charge < -0.3 is 0 Å². The van der Waals surface area contributed by atoms with Crippen LogP contribution in [0.25, 0.3) is 11.5 Å². The Hall–Kier alpha value is -0.900. The predicted octanol–water partition coefficient (Wildman–Crippen LogP) is 3.81. The van der Waals surface area contributed by atoms with E-state index < -0.39 is 0 Å². The summed E-state index contributed by atoms with van der Waals surface area (Å²) in [7, 11) is 0. The van der Waals surface area contributed by atoms with Gasteiger partial charge in [0.25, 0.3) is 0 Å². The summed E-state index contributed by atoms with van der Waals surface area (Å²) in [6.45, 7) is 1.76. The van der Waals surface area contributed by atoms with E-state index in [0.29, 0.717) is 27.3 Å². The molecule has 0 aliphatic rings. The number of halogens is 3. The molecule has 0 aromatic carbocycles. The van der Waals surface area contributed by atoms with Crippen LogP contribution >= 0.6 is 34.8 Å². The Bertz CT molecular complexity index is 502. The molecular formula is C10H6Cl3N3. The Morgan fingerprint density at radius 1 is 1.06 bits per heavy atom. The smallest absolute Gasteiger partial charge is 0.179 e.